The summed E-state index contributed by atoms with van der Waals surface area (Å²) in [7, 11) is -0.587. The van der Waals surface area contributed by atoms with E-state index < -0.39 is 0 Å². The summed E-state index contributed by atoms with van der Waals surface area (Å²) in [5, 5.41) is 0. The summed E-state index contributed by atoms with van der Waals surface area (Å²) < 4.78 is 25.7. The molecule has 0 spiro atoms. The lowest BCUT2D eigenvalue weighted by Gasteiger charge is -2.32. The Morgan fingerprint density at radius 1 is 0.484 bits per heavy atom. The highest BCUT2D eigenvalue weighted by atomic mass is 16.7. The number of unbranched alkanes of at least 4 members (excludes halogenated alkanes) is 9. The van der Waals surface area contributed by atoms with Crippen molar-refractivity contribution in [3.05, 3.63) is 0 Å². The van der Waals surface area contributed by atoms with Crippen LogP contribution in [0.1, 0.15) is 133 Å². The van der Waals surface area contributed by atoms with Crippen molar-refractivity contribution in [3.63, 3.8) is 0 Å². The third-order valence-electron chi connectivity index (χ3n) is 8.13. The van der Waals surface area contributed by atoms with Gasteiger partial charge in [-0.15, -0.1) is 0 Å². The van der Waals surface area contributed by atoms with Crippen molar-refractivity contribution in [1.29, 1.82) is 0 Å². The summed E-state index contributed by atoms with van der Waals surface area (Å²) in [5.41, 5.74) is -1.26. The van der Waals surface area contributed by atoms with Gasteiger partial charge in [-0.25, -0.2) is 0 Å². The number of hydrogen-bond donors (Lipinski definition) is 0. The van der Waals surface area contributed by atoms with Gasteiger partial charge in [0.15, 0.2) is 0 Å². The molecular formula is C25H50B2O4. The van der Waals surface area contributed by atoms with Gasteiger partial charge in [0.1, 0.15) is 0 Å². The first kappa shape index (κ1) is 27.2. The van der Waals surface area contributed by atoms with E-state index in [1.807, 2.05) is 0 Å². The topological polar surface area (TPSA) is 36.9 Å². The Balaban J connectivity index is 1.87. The maximum absolute atomic E-state index is 6.44. The normalized spacial score (nSPS) is 23.8. The van der Waals surface area contributed by atoms with Gasteiger partial charge in [-0.3, -0.25) is 0 Å². The predicted molar refractivity (Wildman–Crippen MR) is 132 cm³/mol. The van der Waals surface area contributed by atoms with Gasteiger partial charge in [-0.2, -0.15) is 0 Å². The van der Waals surface area contributed by atoms with Gasteiger partial charge in [0.2, 0.25) is 0 Å². The molecular weight excluding hydrogens is 386 g/mol. The van der Waals surface area contributed by atoms with Crippen LogP contribution in [0.3, 0.4) is 0 Å². The summed E-state index contributed by atoms with van der Waals surface area (Å²) in [6, 6.07) is 0. The molecule has 0 aromatic carbocycles. The zero-order valence-corrected chi connectivity index (χ0v) is 22.1. The lowest BCUT2D eigenvalue weighted by molar-refractivity contribution is 0.00578. The second-order valence-electron chi connectivity index (χ2n) is 11.9. The van der Waals surface area contributed by atoms with Gasteiger partial charge in [0.05, 0.1) is 22.4 Å². The fraction of sp³-hybridized carbons (Fsp3) is 1.00. The van der Waals surface area contributed by atoms with Gasteiger partial charge in [0.25, 0.3) is 0 Å². The average molecular weight is 436 g/mol. The Bertz CT molecular complexity index is 480. The third kappa shape index (κ3) is 6.98. The standard InChI is InChI=1S/C25H50B2O4/c1-10-11-12-13-14-15-16-17-18-19-20-21(26-28-22(2,3)23(4,5)29-26)27-30-24(6,7)25(8,9)31-27/h21H,10-20H2,1-9H3. The molecule has 0 bridgehead atoms. The molecule has 2 fully saturated rings. The second kappa shape index (κ2) is 10.9. The highest BCUT2D eigenvalue weighted by Gasteiger charge is 2.61. The van der Waals surface area contributed by atoms with Crippen LogP contribution in [0.25, 0.3) is 0 Å². The summed E-state index contributed by atoms with van der Waals surface area (Å²) >= 11 is 0. The molecule has 0 N–H and O–H groups in total. The average Bonchev–Trinajstić information content (AvgIpc) is 2.98. The zero-order chi connectivity index (χ0) is 23.3. The lowest BCUT2D eigenvalue weighted by atomic mass is 9.50. The van der Waals surface area contributed by atoms with Crippen LogP contribution in [0.5, 0.6) is 0 Å². The largest absolute Gasteiger partial charge is 0.458 e. The SMILES string of the molecule is CCCCCCCCCCCCC(B1OC(C)(C)C(C)(C)O1)B1OC(C)(C)C(C)(C)O1. The minimum atomic E-state index is -0.336. The molecule has 0 aliphatic carbocycles. The minimum Gasteiger partial charge on any atom is -0.403 e. The molecule has 0 amide bonds. The highest BCUT2D eigenvalue weighted by molar-refractivity contribution is 6.68. The Hall–Kier alpha value is -0.0301. The molecule has 180 valence electrons. The van der Waals surface area contributed by atoms with Crippen LogP contribution < -0.4 is 0 Å². The van der Waals surface area contributed by atoms with Crippen molar-refractivity contribution >= 4 is 14.2 Å². The molecule has 2 heterocycles. The first-order valence-corrected chi connectivity index (χ1v) is 13.0. The molecule has 2 aliphatic rings. The van der Waals surface area contributed by atoms with E-state index in [0.29, 0.717) is 0 Å². The van der Waals surface area contributed by atoms with Crippen LogP contribution in [0.4, 0.5) is 0 Å². The van der Waals surface area contributed by atoms with E-state index in [9.17, 15) is 0 Å². The summed E-state index contributed by atoms with van der Waals surface area (Å²) in [5.74, 6) is 0. The Morgan fingerprint density at radius 3 is 1.10 bits per heavy atom. The van der Waals surface area contributed by atoms with Crippen molar-refractivity contribution in [2.45, 2.75) is 161 Å². The maximum Gasteiger partial charge on any atom is 0.458 e. The molecule has 2 saturated heterocycles. The van der Waals surface area contributed by atoms with Crippen molar-refractivity contribution in [2.24, 2.45) is 0 Å². The monoisotopic (exact) mass is 436 g/mol. The molecule has 0 atom stereocenters. The zero-order valence-electron chi connectivity index (χ0n) is 22.1. The second-order valence-corrected chi connectivity index (χ2v) is 11.9. The Labute approximate surface area is 194 Å². The van der Waals surface area contributed by atoms with Crippen LogP contribution in [-0.2, 0) is 18.6 Å². The van der Waals surface area contributed by atoms with Crippen molar-refractivity contribution in [2.75, 3.05) is 0 Å². The molecule has 0 aromatic rings. The van der Waals surface area contributed by atoms with Gasteiger partial charge in [-0.05, 0) is 55.4 Å². The molecule has 0 aromatic heterocycles. The van der Waals surface area contributed by atoms with Crippen LogP contribution in [0.15, 0.2) is 0 Å². The minimum absolute atomic E-state index is 0.0798. The van der Waals surface area contributed by atoms with E-state index >= 15 is 0 Å². The Morgan fingerprint density at radius 2 is 0.774 bits per heavy atom. The summed E-state index contributed by atoms with van der Waals surface area (Å²) in [6.45, 7) is 19.2. The van der Waals surface area contributed by atoms with E-state index in [1.54, 1.807) is 0 Å². The van der Waals surface area contributed by atoms with E-state index in [0.717, 1.165) is 12.8 Å². The van der Waals surface area contributed by atoms with E-state index in [1.165, 1.54) is 57.8 Å². The number of rotatable bonds is 13. The molecule has 0 unspecified atom stereocenters. The predicted octanol–water partition coefficient (Wildman–Crippen LogP) is 7.39. The fourth-order valence-electron chi connectivity index (χ4n) is 4.39. The molecule has 4 nitrogen and oxygen atoms in total. The van der Waals surface area contributed by atoms with E-state index in [-0.39, 0.29) is 42.4 Å². The lowest BCUT2D eigenvalue weighted by Crippen LogP contribution is -2.41. The maximum atomic E-state index is 6.44. The summed E-state index contributed by atoms with van der Waals surface area (Å²) in [6.07, 6.45) is 14.4. The fourth-order valence-corrected chi connectivity index (χ4v) is 4.39. The molecule has 2 aliphatic heterocycles. The van der Waals surface area contributed by atoms with E-state index in [4.69, 9.17) is 18.6 Å². The molecule has 31 heavy (non-hydrogen) atoms. The Kier molecular flexibility index (Phi) is 9.60. The van der Waals surface area contributed by atoms with Crippen LogP contribution in [0.2, 0.25) is 5.72 Å². The van der Waals surface area contributed by atoms with Crippen LogP contribution in [0, 0.1) is 0 Å². The van der Waals surface area contributed by atoms with Crippen molar-refractivity contribution in [3.8, 4) is 0 Å². The van der Waals surface area contributed by atoms with Gasteiger partial charge in [-0.1, -0.05) is 77.6 Å². The summed E-state index contributed by atoms with van der Waals surface area (Å²) in [4.78, 5) is 0. The first-order valence-electron chi connectivity index (χ1n) is 13.0. The van der Waals surface area contributed by atoms with Crippen molar-refractivity contribution in [1.82, 2.24) is 0 Å². The molecule has 6 heteroatoms. The third-order valence-corrected chi connectivity index (χ3v) is 8.13. The quantitative estimate of drug-likeness (QED) is 0.223. The molecule has 0 radical (unpaired) electrons. The van der Waals surface area contributed by atoms with Crippen LogP contribution in [-0.4, -0.2) is 36.6 Å². The van der Waals surface area contributed by atoms with Gasteiger partial charge in [0, 0.05) is 5.72 Å². The van der Waals surface area contributed by atoms with Crippen molar-refractivity contribution < 1.29 is 18.6 Å². The van der Waals surface area contributed by atoms with E-state index in [2.05, 4.69) is 62.3 Å². The first-order chi connectivity index (χ1) is 14.3. The molecule has 2 rings (SSSR count). The smallest absolute Gasteiger partial charge is 0.403 e. The van der Waals surface area contributed by atoms with Gasteiger partial charge < -0.3 is 18.6 Å². The highest BCUT2D eigenvalue weighted by Crippen LogP contribution is 2.46. The van der Waals surface area contributed by atoms with Crippen LogP contribution >= 0.6 is 0 Å². The molecule has 0 saturated carbocycles. The van der Waals surface area contributed by atoms with Gasteiger partial charge >= 0.3 is 14.2 Å². The number of hydrogen-bond acceptors (Lipinski definition) is 4.